The summed E-state index contributed by atoms with van der Waals surface area (Å²) in [5, 5.41) is 18.0. The quantitative estimate of drug-likeness (QED) is 0.888. The topological polar surface area (TPSA) is 64.5 Å². The van der Waals surface area contributed by atoms with E-state index in [0.29, 0.717) is 5.88 Å². The zero-order valence-corrected chi connectivity index (χ0v) is 14.4. The maximum Gasteiger partial charge on any atom is 0.233 e. The molecule has 5 heteroatoms. The summed E-state index contributed by atoms with van der Waals surface area (Å²) in [6.07, 6.45) is -0.738. The van der Waals surface area contributed by atoms with Gasteiger partial charge in [-0.25, -0.2) is 0 Å². The van der Waals surface area contributed by atoms with Crippen LogP contribution in [-0.4, -0.2) is 34.6 Å². The molecule has 0 aliphatic heterocycles. The van der Waals surface area contributed by atoms with Crippen molar-refractivity contribution < 1.29 is 14.6 Å². The Morgan fingerprint density at radius 1 is 0.913 bits per heavy atom. The van der Waals surface area contributed by atoms with Crippen molar-refractivity contribution in [2.75, 3.05) is 13.2 Å². The lowest BCUT2D eigenvalue weighted by Gasteiger charge is -2.17. The molecule has 0 amide bonds. The van der Waals surface area contributed by atoms with E-state index in [1.165, 1.54) is 5.56 Å². The smallest absolute Gasteiger partial charge is 0.233 e. The van der Waals surface area contributed by atoms with Gasteiger partial charge in [-0.3, -0.25) is 0 Å². The normalized spacial score (nSPS) is 12.1. The Morgan fingerprint density at radius 3 is 2.26 bits per heavy atom. The van der Waals surface area contributed by atoms with Gasteiger partial charge in [-0.15, -0.1) is 5.10 Å². The Kier molecular flexibility index (Phi) is 5.55. The van der Waals surface area contributed by atoms with E-state index in [1.54, 1.807) is 0 Å². The highest BCUT2D eigenvalue weighted by molar-refractivity contribution is 5.44. The zero-order valence-electron chi connectivity index (χ0n) is 14.4. The van der Waals surface area contributed by atoms with Crippen molar-refractivity contribution in [1.82, 2.24) is 10.2 Å². The highest BCUT2D eigenvalue weighted by Crippen LogP contribution is 2.25. The van der Waals surface area contributed by atoms with Crippen LogP contribution in [0.5, 0.6) is 11.6 Å². The lowest BCUT2D eigenvalue weighted by Crippen LogP contribution is -2.25. The molecule has 0 spiro atoms. The van der Waals surface area contributed by atoms with Crippen LogP contribution in [0.2, 0.25) is 0 Å². The van der Waals surface area contributed by atoms with Crippen molar-refractivity contribution in [3.63, 3.8) is 0 Å². The monoisotopic (exact) mass is 316 g/mol. The number of ether oxygens (including phenoxy) is 2. The summed E-state index contributed by atoms with van der Waals surface area (Å²) in [6, 6.07) is 5.89. The van der Waals surface area contributed by atoms with E-state index in [9.17, 15) is 5.11 Å². The summed E-state index contributed by atoms with van der Waals surface area (Å²) in [5.41, 5.74) is 5.19. The van der Waals surface area contributed by atoms with Crippen molar-refractivity contribution in [2.45, 2.75) is 40.7 Å². The fraction of sp³-hybridized carbons (Fsp3) is 0.444. The first-order valence-corrected chi connectivity index (χ1v) is 7.70. The van der Waals surface area contributed by atoms with Crippen LogP contribution in [0.1, 0.15) is 27.9 Å². The van der Waals surface area contributed by atoms with Gasteiger partial charge in [-0.1, -0.05) is 12.1 Å². The third kappa shape index (κ3) is 4.42. The molecule has 1 aromatic carbocycles. The third-order valence-corrected chi connectivity index (χ3v) is 3.93. The molecule has 1 atom stereocenters. The minimum absolute atomic E-state index is 0.112. The fourth-order valence-corrected chi connectivity index (χ4v) is 2.15. The molecule has 1 N–H and O–H groups in total. The van der Waals surface area contributed by atoms with E-state index in [0.717, 1.165) is 28.1 Å². The molecule has 0 radical (unpaired) electrons. The van der Waals surface area contributed by atoms with Crippen LogP contribution in [0.3, 0.4) is 0 Å². The van der Waals surface area contributed by atoms with Crippen LogP contribution < -0.4 is 9.47 Å². The van der Waals surface area contributed by atoms with Gasteiger partial charge in [0, 0.05) is 6.07 Å². The summed E-state index contributed by atoms with van der Waals surface area (Å²) >= 11 is 0. The number of hydrogen-bond donors (Lipinski definition) is 1. The van der Waals surface area contributed by atoms with Crippen molar-refractivity contribution in [1.29, 1.82) is 0 Å². The minimum atomic E-state index is -0.738. The van der Waals surface area contributed by atoms with Crippen LogP contribution in [-0.2, 0) is 0 Å². The number of nitrogens with zero attached hydrogens (tertiary/aromatic N) is 2. The summed E-state index contributed by atoms with van der Waals surface area (Å²) in [5.74, 6) is 1.24. The Labute approximate surface area is 137 Å². The van der Waals surface area contributed by atoms with Crippen molar-refractivity contribution in [3.05, 3.63) is 46.1 Å². The third-order valence-electron chi connectivity index (χ3n) is 3.93. The van der Waals surface area contributed by atoms with E-state index in [2.05, 4.69) is 16.3 Å². The van der Waals surface area contributed by atoms with Crippen LogP contribution in [0.25, 0.3) is 0 Å². The molecule has 1 heterocycles. The summed E-state index contributed by atoms with van der Waals surface area (Å²) in [4.78, 5) is 0. The van der Waals surface area contributed by atoms with Crippen molar-refractivity contribution in [3.8, 4) is 11.6 Å². The van der Waals surface area contributed by atoms with Gasteiger partial charge in [-0.05, 0) is 56.9 Å². The molecule has 0 aliphatic carbocycles. The molecule has 0 fully saturated rings. The average Bonchev–Trinajstić information content (AvgIpc) is 2.52. The Bertz CT molecular complexity index is 686. The van der Waals surface area contributed by atoms with Crippen LogP contribution in [0.4, 0.5) is 0 Å². The van der Waals surface area contributed by atoms with Crippen LogP contribution in [0, 0.1) is 34.6 Å². The second-order valence-corrected chi connectivity index (χ2v) is 5.88. The van der Waals surface area contributed by atoms with Crippen LogP contribution >= 0.6 is 0 Å². The standard InChI is InChI=1S/C18H24N2O3/c1-11-6-7-12(2)18(14(11)4)23-10-16(21)9-22-17-8-13(3)15(5)19-20-17/h6-8,16,21H,9-10H2,1-5H3. The SMILES string of the molecule is Cc1cc(OCC(O)COc2c(C)ccc(C)c2C)nnc1C. The van der Waals surface area contributed by atoms with Gasteiger partial charge in [0.25, 0.3) is 0 Å². The van der Waals surface area contributed by atoms with Gasteiger partial charge in [0.1, 0.15) is 25.1 Å². The summed E-state index contributed by atoms with van der Waals surface area (Å²) in [7, 11) is 0. The minimum Gasteiger partial charge on any atom is -0.490 e. The fourth-order valence-electron chi connectivity index (χ4n) is 2.15. The molecule has 0 aliphatic rings. The molecular formula is C18H24N2O3. The predicted octanol–water partition coefficient (Wildman–Crippen LogP) is 2.84. The number of benzene rings is 1. The first-order valence-electron chi connectivity index (χ1n) is 7.70. The summed E-state index contributed by atoms with van der Waals surface area (Å²) in [6.45, 7) is 10.2. The number of aliphatic hydroxyl groups is 1. The first kappa shape index (κ1) is 17.2. The number of aryl methyl sites for hydroxylation is 4. The maximum atomic E-state index is 10.0. The van der Waals surface area contributed by atoms with E-state index in [1.807, 2.05) is 46.8 Å². The molecule has 2 aromatic rings. The Balaban J connectivity index is 1.89. The zero-order chi connectivity index (χ0) is 17.0. The highest BCUT2D eigenvalue weighted by Gasteiger charge is 2.11. The molecule has 1 unspecified atom stereocenters. The molecule has 2 rings (SSSR count). The molecule has 0 bridgehead atoms. The first-order chi connectivity index (χ1) is 10.9. The largest absolute Gasteiger partial charge is 0.490 e. The second kappa shape index (κ2) is 7.42. The van der Waals surface area contributed by atoms with E-state index >= 15 is 0 Å². The van der Waals surface area contributed by atoms with E-state index in [-0.39, 0.29) is 13.2 Å². The molecule has 23 heavy (non-hydrogen) atoms. The number of aliphatic hydroxyl groups excluding tert-OH is 1. The van der Waals surface area contributed by atoms with Gasteiger partial charge in [0.05, 0.1) is 5.69 Å². The summed E-state index contributed by atoms with van der Waals surface area (Å²) < 4.78 is 11.2. The molecule has 5 nitrogen and oxygen atoms in total. The molecule has 0 saturated heterocycles. The average molecular weight is 316 g/mol. The maximum absolute atomic E-state index is 10.0. The Morgan fingerprint density at radius 2 is 1.57 bits per heavy atom. The lowest BCUT2D eigenvalue weighted by atomic mass is 10.1. The molecular weight excluding hydrogens is 292 g/mol. The number of aromatic nitrogens is 2. The van der Waals surface area contributed by atoms with Crippen molar-refractivity contribution in [2.24, 2.45) is 0 Å². The lowest BCUT2D eigenvalue weighted by molar-refractivity contribution is 0.0601. The second-order valence-electron chi connectivity index (χ2n) is 5.88. The van der Waals surface area contributed by atoms with Crippen LogP contribution in [0.15, 0.2) is 18.2 Å². The Hall–Kier alpha value is -2.14. The van der Waals surface area contributed by atoms with Crippen molar-refractivity contribution >= 4 is 0 Å². The highest BCUT2D eigenvalue weighted by atomic mass is 16.5. The van der Waals surface area contributed by atoms with Gasteiger partial charge in [0.2, 0.25) is 5.88 Å². The predicted molar refractivity (Wildman–Crippen MR) is 89.2 cm³/mol. The van der Waals surface area contributed by atoms with E-state index in [4.69, 9.17) is 9.47 Å². The van der Waals surface area contributed by atoms with E-state index < -0.39 is 6.10 Å². The molecule has 1 aromatic heterocycles. The van der Waals surface area contributed by atoms with Gasteiger partial charge >= 0.3 is 0 Å². The number of rotatable bonds is 6. The van der Waals surface area contributed by atoms with Gasteiger partial charge in [-0.2, -0.15) is 5.10 Å². The van der Waals surface area contributed by atoms with Gasteiger partial charge in [0.15, 0.2) is 0 Å². The molecule has 124 valence electrons. The number of hydrogen-bond acceptors (Lipinski definition) is 5. The van der Waals surface area contributed by atoms with Gasteiger partial charge < -0.3 is 14.6 Å². The molecule has 0 saturated carbocycles.